The number of hydrogen-bond acceptors (Lipinski definition) is 2. The smallest absolute Gasteiger partial charge is 0.221 e. The Balaban J connectivity index is 2.78. The standard InChI is InChI=1S/C12H16N2OSi/c1-10(15)14-12-6-5-11(13-9-12)7-8-16(2,3)4/h5-6,9H,1-4H3,(H,14,15). The molecule has 0 saturated heterocycles. The maximum Gasteiger partial charge on any atom is 0.221 e. The van der Waals surface area contributed by atoms with E-state index >= 15 is 0 Å². The molecule has 0 radical (unpaired) electrons. The van der Waals surface area contributed by atoms with E-state index in [0.717, 1.165) is 5.69 Å². The predicted molar refractivity (Wildman–Crippen MR) is 68.8 cm³/mol. The number of carbonyl (C=O) groups is 1. The van der Waals surface area contributed by atoms with Gasteiger partial charge in [0.25, 0.3) is 0 Å². The van der Waals surface area contributed by atoms with Crippen molar-refractivity contribution >= 4 is 19.7 Å². The van der Waals surface area contributed by atoms with E-state index in [9.17, 15) is 4.79 Å². The van der Waals surface area contributed by atoms with E-state index in [1.807, 2.05) is 12.1 Å². The van der Waals surface area contributed by atoms with E-state index in [2.05, 4.69) is 41.4 Å². The van der Waals surface area contributed by atoms with Crippen molar-refractivity contribution < 1.29 is 4.79 Å². The topological polar surface area (TPSA) is 42.0 Å². The number of anilines is 1. The third kappa shape index (κ3) is 4.76. The first kappa shape index (κ1) is 12.5. The number of carbonyl (C=O) groups excluding carboxylic acids is 1. The van der Waals surface area contributed by atoms with Crippen molar-refractivity contribution in [3.05, 3.63) is 24.0 Å². The molecule has 84 valence electrons. The molecule has 16 heavy (non-hydrogen) atoms. The lowest BCUT2D eigenvalue weighted by atomic mass is 10.3. The van der Waals surface area contributed by atoms with Crippen molar-refractivity contribution in [2.75, 3.05) is 5.32 Å². The summed E-state index contributed by atoms with van der Waals surface area (Å²) in [5, 5.41) is 2.66. The van der Waals surface area contributed by atoms with Crippen LogP contribution in [0.15, 0.2) is 18.3 Å². The summed E-state index contributed by atoms with van der Waals surface area (Å²) in [4.78, 5) is 15.0. The Bertz CT molecular complexity index is 435. The first-order valence-corrected chi connectivity index (χ1v) is 8.64. The van der Waals surface area contributed by atoms with Gasteiger partial charge >= 0.3 is 0 Å². The summed E-state index contributed by atoms with van der Waals surface area (Å²) < 4.78 is 0. The number of pyridine rings is 1. The van der Waals surface area contributed by atoms with Crippen molar-refractivity contribution in [3.63, 3.8) is 0 Å². The molecule has 1 N–H and O–H groups in total. The summed E-state index contributed by atoms with van der Waals surface area (Å²) in [6.45, 7) is 8.03. The van der Waals surface area contributed by atoms with Crippen molar-refractivity contribution in [2.24, 2.45) is 0 Å². The highest BCUT2D eigenvalue weighted by atomic mass is 28.3. The van der Waals surface area contributed by atoms with Crippen LogP contribution in [0.2, 0.25) is 19.6 Å². The van der Waals surface area contributed by atoms with Crippen molar-refractivity contribution in [3.8, 4) is 11.5 Å². The molecule has 0 atom stereocenters. The zero-order chi connectivity index (χ0) is 12.2. The predicted octanol–water partition coefficient (Wildman–Crippen LogP) is 2.27. The molecule has 0 unspecified atom stereocenters. The fourth-order valence-electron chi connectivity index (χ4n) is 0.997. The van der Waals surface area contributed by atoms with Crippen LogP contribution in [0.4, 0.5) is 5.69 Å². The van der Waals surface area contributed by atoms with Crippen molar-refractivity contribution in [1.29, 1.82) is 0 Å². The van der Waals surface area contributed by atoms with Crippen LogP contribution in [-0.2, 0) is 4.79 Å². The molecule has 0 bridgehead atoms. The summed E-state index contributed by atoms with van der Waals surface area (Å²) in [5.74, 6) is 2.96. The van der Waals surface area contributed by atoms with Crippen LogP contribution in [-0.4, -0.2) is 19.0 Å². The average Bonchev–Trinajstić information content (AvgIpc) is 2.14. The molecule has 1 rings (SSSR count). The number of aromatic nitrogens is 1. The highest BCUT2D eigenvalue weighted by Gasteiger charge is 2.07. The van der Waals surface area contributed by atoms with Gasteiger partial charge in [0.2, 0.25) is 5.91 Å². The molecular formula is C12H16N2OSi. The van der Waals surface area contributed by atoms with Gasteiger partial charge in [-0.05, 0) is 12.1 Å². The average molecular weight is 232 g/mol. The van der Waals surface area contributed by atoms with Crippen LogP contribution in [0.5, 0.6) is 0 Å². The summed E-state index contributed by atoms with van der Waals surface area (Å²) >= 11 is 0. The van der Waals surface area contributed by atoms with Gasteiger partial charge in [-0.2, -0.15) is 0 Å². The lowest BCUT2D eigenvalue weighted by Crippen LogP contribution is -2.16. The normalized spacial score (nSPS) is 10.2. The van der Waals surface area contributed by atoms with Gasteiger partial charge in [0, 0.05) is 6.92 Å². The minimum absolute atomic E-state index is 0.0947. The number of hydrogen-bond donors (Lipinski definition) is 1. The molecule has 0 spiro atoms. The summed E-state index contributed by atoms with van der Waals surface area (Å²) in [7, 11) is -1.35. The Morgan fingerprint density at radius 3 is 2.50 bits per heavy atom. The molecule has 1 aromatic heterocycles. The summed E-state index contributed by atoms with van der Waals surface area (Å²) in [6, 6.07) is 3.63. The van der Waals surface area contributed by atoms with Gasteiger partial charge in [0.15, 0.2) is 0 Å². The van der Waals surface area contributed by atoms with E-state index in [1.165, 1.54) is 6.92 Å². The van der Waals surface area contributed by atoms with Gasteiger partial charge in [-0.15, -0.1) is 5.54 Å². The van der Waals surface area contributed by atoms with E-state index in [4.69, 9.17) is 0 Å². The molecule has 0 fully saturated rings. The minimum atomic E-state index is -1.35. The summed E-state index contributed by atoms with van der Waals surface area (Å²) in [5.41, 5.74) is 4.68. The Hall–Kier alpha value is -1.60. The first-order chi connectivity index (χ1) is 7.37. The van der Waals surface area contributed by atoms with E-state index < -0.39 is 8.07 Å². The lowest BCUT2D eigenvalue weighted by Gasteiger charge is -2.03. The van der Waals surface area contributed by atoms with E-state index in [-0.39, 0.29) is 5.91 Å². The van der Waals surface area contributed by atoms with Crippen LogP contribution >= 0.6 is 0 Å². The zero-order valence-electron chi connectivity index (χ0n) is 10.1. The third-order valence-electron chi connectivity index (χ3n) is 1.65. The molecule has 1 aromatic rings. The highest BCUT2D eigenvalue weighted by molar-refractivity contribution is 6.83. The minimum Gasteiger partial charge on any atom is -0.325 e. The Morgan fingerprint density at radius 1 is 1.38 bits per heavy atom. The number of rotatable bonds is 1. The second-order valence-corrected chi connectivity index (χ2v) is 9.36. The lowest BCUT2D eigenvalue weighted by molar-refractivity contribution is -0.114. The van der Waals surface area contributed by atoms with Crippen LogP contribution in [0, 0.1) is 11.5 Å². The third-order valence-corrected chi connectivity index (χ3v) is 2.52. The Morgan fingerprint density at radius 2 is 2.06 bits per heavy atom. The molecule has 0 aliphatic rings. The SMILES string of the molecule is CC(=O)Nc1ccc(C#C[Si](C)(C)C)nc1. The van der Waals surface area contributed by atoms with Crippen LogP contribution < -0.4 is 5.32 Å². The molecule has 0 aromatic carbocycles. The van der Waals surface area contributed by atoms with Crippen molar-refractivity contribution in [2.45, 2.75) is 26.6 Å². The van der Waals surface area contributed by atoms with Crippen molar-refractivity contribution in [1.82, 2.24) is 4.98 Å². The maximum absolute atomic E-state index is 10.8. The van der Waals surface area contributed by atoms with Crippen LogP contribution in [0.25, 0.3) is 0 Å². The van der Waals surface area contributed by atoms with Gasteiger partial charge in [-0.1, -0.05) is 25.6 Å². The molecule has 1 amide bonds. The largest absolute Gasteiger partial charge is 0.325 e. The van der Waals surface area contributed by atoms with E-state index in [1.54, 1.807) is 6.20 Å². The quantitative estimate of drug-likeness (QED) is 0.596. The van der Waals surface area contributed by atoms with Gasteiger partial charge in [0.1, 0.15) is 13.8 Å². The number of nitrogens with zero attached hydrogens (tertiary/aromatic N) is 1. The van der Waals surface area contributed by atoms with Crippen LogP contribution in [0.3, 0.4) is 0 Å². The van der Waals surface area contributed by atoms with E-state index in [0.29, 0.717) is 5.69 Å². The number of nitrogens with one attached hydrogen (secondary N) is 1. The Kier molecular flexibility index (Phi) is 3.86. The molecule has 0 aliphatic carbocycles. The molecule has 3 nitrogen and oxygen atoms in total. The second kappa shape index (κ2) is 4.95. The molecule has 0 aliphatic heterocycles. The Labute approximate surface area is 97.3 Å². The summed E-state index contributed by atoms with van der Waals surface area (Å²) in [6.07, 6.45) is 1.62. The molecule has 0 saturated carbocycles. The fourth-order valence-corrected chi connectivity index (χ4v) is 1.50. The van der Waals surface area contributed by atoms with Gasteiger partial charge < -0.3 is 5.32 Å². The van der Waals surface area contributed by atoms with Gasteiger partial charge in [0.05, 0.1) is 11.9 Å². The zero-order valence-corrected chi connectivity index (χ0v) is 11.1. The fraction of sp³-hybridized carbons (Fsp3) is 0.333. The van der Waals surface area contributed by atoms with Crippen LogP contribution in [0.1, 0.15) is 12.6 Å². The number of amides is 1. The van der Waals surface area contributed by atoms with Gasteiger partial charge in [-0.3, -0.25) is 4.79 Å². The first-order valence-electron chi connectivity index (χ1n) is 5.14. The molecular weight excluding hydrogens is 216 g/mol. The molecule has 4 heteroatoms. The van der Waals surface area contributed by atoms with Gasteiger partial charge in [-0.25, -0.2) is 4.98 Å². The monoisotopic (exact) mass is 232 g/mol. The highest BCUT2D eigenvalue weighted by Crippen LogP contribution is 2.05. The molecule has 1 heterocycles. The second-order valence-electron chi connectivity index (χ2n) is 4.61. The maximum atomic E-state index is 10.8.